The monoisotopic (exact) mass is 339 g/mol. The number of aryl methyl sites for hydroxylation is 1. The van der Waals surface area contributed by atoms with Gasteiger partial charge in [-0.3, -0.25) is 0 Å². The highest BCUT2D eigenvalue weighted by Gasteiger charge is 2.17. The number of likely N-dealkylation sites (tertiary alicyclic amines) is 1. The molecule has 25 heavy (non-hydrogen) atoms. The molecule has 0 amide bonds. The standard InChI is InChI=1S/C18H21N5O2/c1-4-13-7-8-15(16(24)10-13)17-12(2)19-18(23(25)21-17)20-14-6-5-9-22(3)11-14/h1,7-8,10,14,24-25H,5-6,9,11H2,2-3H3/t14-/m1/s1. The van der Waals surface area contributed by atoms with E-state index in [1.165, 1.54) is 6.07 Å². The average Bonchev–Trinajstić information content (AvgIpc) is 2.58. The van der Waals surface area contributed by atoms with Gasteiger partial charge in [0.15, 0.2) is 0 Å². The minimum Gasteiger partial charge on any atom is -0.507 e. The van der Waals surface area contributed by atoms with E-state index >= 15 is 0 Å². The second kappa shape index (κ2) is 6.95. The molecular formula is C18H21N5O2. The van der Waals surface area contributed by atoms with E-state index in [9.17, 15) is 10.3 Å². The molecule has 7 heteroatoms. The van der Waals surface area contributed by atoms with E-state index in [-0.39, 0.29) is 17.4 Å². The molecule has 1 atom stereocenters. The van der Waals surface area contributed by atoms with Gasteiger partial charge in [-0.05, 0) is 51.6 Å². The van der Waals surface area contributed by atoms with Crippen LogP contribution in [0.4, 0.5) is 0 Å². The summed E-state index contributed by atoms with van der Waals surface area (Å²) in [4.78, 5) is 11.8. The number of terminal acetylenes is 1. The largest absolute Gasteiger partial charge is 0.507 e. The van der Waals surface area contributed by atoms with Crippen LogP contribution >= 0.6 is 0 Å². The Morgan fingerprint density at radius 1 is 1.40 bits per heavy atom. The zero-order chi connectivity index (χ0) is 18.0. The number of hydrogen-bond donors (Lipinski definition) is 2. The Morgan fingerprint density at radius 3 is 2.88 bits per heavy atom. The van der Waals surface area contributed by atoms with Crippen LogP contribution in [0, 0.1) is 19.3 Å². The topological polar surface area (TPSA) is 86.8 Å². The first-order valence-electron chi connectivity index (χ1n) is 8.17. The summed E-state index contributed by atoms with van der Waals surface area (Å²) in [5.41, 5.74) is 2.13. The summed E-state index contributed by atoms with van der Waals surface area (Å²) in [6.45, 7) is 3.65. The van der Waals surface area contributed by atoms with Crippen molar-refractivity contribution in [2.75, 3.05) is 20.1 Å². The number of aromatic nitrogens is 3. The van der Waals surface area contributed by atoms with Crippen LogP contribution in [0.25, 0.3) is 11.3 Å². The maximum atomic E-state index is 10.2. The van der Waals surface area contributed by atoms with Gasteiger partial charge in [0.1, 0.15) is 11.4 Å². The average molecular weight is 339 g/mol. The second-order valence-electron chi connectivity index (χ2n) is 6.30. The molecule has 0 saturated carbocycles. The molecular weight excluding hydrogens is 318 g/mol. The molecule has 0 unspecified atom stereocenters. The third kappa shape index (κ3) is 3.64. The van der Waals surface area contributed by atoms with Gasteiger partial charge in [-0.25, -0.2) is 9.98 Å². The number of nitrogens with zero attached hydrogens (tertiary/aromatic N) is 5. The summed E-state index contributed by atoms with van der Waals surface area (Å²) >= 11 is 0. The number of piperidine rings is 1. The number of aromatic hydroxyl groups is 1. The Balaban J connectivity index is 2.00. The Bertz CT molecular complexity index is 897. The molecule has 0 bridgehead atoms. The number of hydrogen-bond acceptors (Lipinski definition) is 6. The molecule has 0 radical (unpaired) electrons. The van der Waals surface area contributed by atoms with E-state index in [0.29, 0.717) is 27.4 Å². The highest BCUT2D eigenvalue weighted by atomic mass is 16.5. The molecule has 1 aliphatic rings. The van der Waals surface area contributed by atoms with Gasteiger partial charge >= 0.3 is 0 Å². The van der Waals surface area contributed by atoms with Crippen LogP contribution in [0.5, 0.6) is 5.75 Å². The molecule has 2 N–H and O–H groups in total. The minimum absolute atomic E-state index is 0.00792. The van der Waals surface area contributed by atoms with Crippen molar-refractivity contribution in [2.45, 2.75) is 25.8 Å². The smallest absolute Gasteiger partial charge is 0.280 e. The van der Waals surface area contributed by atoms with E-state index in [1.54, 1.807) is 19.1 Å². The van der Waals surface area contributed by atoms with E-state index < -0.39 is 0 Å². The van der Waals surface area contributed by atoms with Crippen LogP contribution in [-0.4, -0.2) is 56.3 Å². The molecule has 1 aromatic heterocycles. The summed E-state index contributed by atoms with van der Waals surface area (Å²) in [5, 5.41) is 24.5. The predicted molar refractivity (Wildman–Crippen MR) is 93.1 cm³/mol. The van der Waals surface area contributed by atoms with Gasteiger partial charge in [0.25, 0.3) is 5.62 Å². The quantitative estimate of drug-likeness (QED) is 0.634. The van der Waals surface area contributed by atoms with Gasteiger partial charge < -0.3 is 15.2 Å². The van der Waals surface area contributed by atoms with Crippen molar-refractivity contribution in [3.05, 3.63) is 35.1 Å². The summed E-state index contributed by atoms with van der Waals surface area (Å²) in [5.74, 6) is 2.45. The Labute approximate surface area is 146 Å². The maximum absolute atomic E-state index is 10.2. The van der Waals surface area contributed by atoms with Crippen LogP contribution in [-0.2, 0) is 0 Å². The van der Waals surface area contributed by atoms with Gasteiger partial charge in [-0.2, -0.15) is 0 Å². The molecule has 1 fully saturated rings. The number of likely N-dealkylation sites (N-methyl/N-ethyl adjacent to an activating group) is 1. The lowest BCUT2D eigenvalue weighted by Crippen LogP contribution is -2.37. The van der Waals surface area contributed by atoms with Crippen LogP contribution < -0.4 is 5.62 Å². The minimum atomic E-state index is -0.00792. The highest BCUT2D eigenvalue weighted by Crippen LogP contribution is 2.29. The molecule has 0 spiro atoms. The van der Waals surface area contributed by atoms with Crippen molar-refractivity contribution in [3.63, 3.8) is 0 Å². The van der Waals surface area contributed by atoms with Crippen molar-refractivity contribution in [2.24, 2.45) is 4.99 Å². The maximum Gasteiger partial charge on any atom is 0.280 e. The molecule has 1 aromatic carbocycles. The summed E-state index contributed by atoms with van der Waals surface area (Å²) in [6, 6.07) is 4.93. The normalized spacial score (nSPS) is 18.9. The predicted octanol–water partition coefficient (Wildman–Crippen LogP) is 1.17. The van der Waals surface area contributed by atoms with Crippen LogP contribution in [0.3, 0.4) is 0 Å². The Morgan fingerprint density at radius 2 is 2.20 bits per heavy atom. The Hall–Kier alpha value is -2.85. The first-order chi connectivity index (χ1) is 12.0. The molecule has 1 saturated heterocycles. The fourth-order valence-corrected chi connectivity index (χ4v) is 3.02. The molecule has 130 valence electrons. The summed E-state index contributed by atoms with van der Waals surface area (Å²) in [7, 11) is 2.05. The van der Waals surface area contributed by atoms with Gasteiger partial charge in [0.05, 0.1) is 11.7 Å². The first kappa shape index (κ1) is 17.0. The van der Waals surface area contributed by atoms with Crippen molar-refractivity contribution >= 4 is 0 Å². The van der Waals surface area contributed by atoms with E-state index in [2.05, 4.69) is 32.9 Å². The highest BCUT2D eigenvalue weighted by molar-refractivity contribution is 5.69. The van der Waals surface area contributed by atoms with E-state index in [1.807, 2.05) is 0 Å². The fraction of sp³-hybridized carbons (Fsp3) is 0.389. The number of benzene rings is 1. The lowest BCUT2D eigenvalue weighted by Gasteiger charge is -2.26. The summed E-state index contributed by atoms with van der Waals surface area (Å²) < 4.78 is 0. The van der Waals surface area contributed by atoms with Crippen molar-refractivity contribution in [1.29, 1.82) is 0 Å². The van der Waals surface area contributed by atoms with Crippen molar-refractivity contribution < 1.29 is 10.3 Å². The molecule has 2 aromatic rings. The van der Waals surface area contributed by atoms with Crippen LogP contribution in [0.2, 0.25) is 0 Å². The SMILES string of the molecule is C#Cc1ccc(-c2nn(O)c(=N[C@@H]3CCCN(C)C3)nc2C)c(O)c1. The number of phenols is 1. The Kier molecular flexibility index (Phi) is 4.72. The number of phenolic OH excluding ortho intramolecular Hbond substituents is 1. The van der Waals surface area contributed by atoms with Gasteiger partial charge in [0, 0.05) is 17.7 Å². The van der Waals surface area contributed by atoms with Gasteiger partial charge in [0.2, 0.25) is 0 Å². The van der Waals surface area contributed by atoms with Crippen LogP contribution in [0.15, 0.2) is 23.2 Å². The zero-order valence-corrected chi connectivity index (χ0v) is 14.3. The van der Waals surface area contributed by atoms with Crippen molar-refractivity contribution in [3.8, 4) is 29.4 Å². The second-order valence-corrected chi connectivity index (χ2v) is 6.30. The fourth-order valence-electron chi connectivity index (χ4n) is 3.02. The third-order valence-electron chi connectivity index (χ3n) is 4.30. The van der Waals surface area contributed by atoms with Gasteiger partial charge in [-0.15, -0.1) is 11.5 Å². The molecule has 0 aliphatic carbocycles. The molecule has 2 heterocycles. The summed E-state index contributed by atoms with van der Waals surface area (Å²) in [6.07, 6.45) is 7.36. The third-order valence-corrected chi connectivity index (χ3v) is 4.30. The van der Waals surface area contributed by atoms with Crippen molar-refractivity contribution in [1.82, 2.24) is 19.8 Å². The molecule has 1 aliphatic heterocycles. The van der Waals surface area contributed by atoms with Gasteiger partial charge in [-0.1, -0.05) is 10.8 Å². The molecule has 7 nitrogen and oxygen atoms in total. The van der Waals surface area contributed by atoms with E-state index in [0.717, 1.165) is 25.9 Å². The van der Waals surface area contributed by atoms with Crippen LogP contribution in [0.1, 0.15) is 24.1 Å². The lowest BCUT2D eigenvalue weighted by molar-refractivity contribution is 0.124. The molecule has 3 rings (SSSR count). The lowest BCUT2D eigenvalue weighted by atomic mass is 10.1. The zero-order valence-electron chi connectivity index (χ0n) is 14.3. The van der Waals surface area contributed by atoms with E-state index in [4.69, 9.17) is 6.42 Å². The first-order valence-corrected chi connectivity index (χ1v) is 8.17. The number of rotatable bonds is 2.